The van der Waals surface area contributed by atoms with Gasteiger partial charge in [-0.2, -0.15) is 0 Å². The van der Waals surface area contributed by atoms with Crippen LogP contribution >= 0.6 is 11.6 Å². The number of unbranched alkanes of at least 4 members (excludes halogenated alkanes) is 2. The van der Waals surface area contributed by atoms with Crippen LogP contribution in [0.5, 0.6) is 0 Å². The van der Waals surface area contributed by atoms with Gasteiger partial charge in [-0.1, -0.05) is 7.43 Å². The molecule has 8 aliphatic carbocycles. The summed E-state index contributed by atoms with van der Waals surface area (Å²) in [6.07, 6.45) is 22.4. The molecule has 0 saturated heterocycles. The van der Waals surface area contributed by atoms with Gasteiger partial charge < -0.3 is 21.0 Å². The summed E-state index contributed by atoms with van der Waals surface area (Å²) >= 11 is 5.07. The molecule has 43 heavy (non-hydrogen) atoms. The molecule has 8 fully saturated rings. The first-order valence-corrected chi connectivity index (χ1v) is 17.0. The molecule has 0 aromatic heterocycles. The lowest BCUT2D eigenvalue weighted by molar-refractivity contribution is -0.140. The minimum Gasteiger partial charge on any atom is -0.469 e. The van der Waals surface area contributed by atoms with E-state index in [0.717, 1.165) is 30.6 Å². The van der Waals surface area contributed by atoms with Gasteiger partial charge in [-0.3, -0.25) is 14.4 Å². The van der Waals surface area contributed by atoms with Crippen LogP contribution in [0.3, 0.4) is 0 Å². The molecule has 8 saturated carbocycles. The molecule has 0 aromatic carbocycles. The summed E-state index contributed by atoms with van der Waals surface area (Å²) in [5.41, 5.74) is 0.145. The van der Waals surface area contributed by atoms with Gasteiger partial charge >= 0.3 is 5.97 Å². The van der Waals surface area contributed by atoms with E-state index in [-0.39, 0.29) is 42.0 Å². The van der Waals surface area contributed by atoms with Crippen LogP contribution in [-0.2, 0) is 23.9 Å². The number of carbonyl (C=O) groups is 4. The lowest BCUT2D eigenvalue weighted by Crippen LogP contribution is -2.59. The van der Waals surface area contributed by atoms with Crippen LogP contribution in [0.1, 0.15) is 143 Å². The van der Waals surface area contributed by atoms with Crippen molar-refractivity contribution >= 4 is 34.5 Å². The summed E-state index contributed by atoms with van der Waals surface area (Å²) in [5.74, 6) is 7.53. The van der Waals surface area contributed by atoms with Gasteiger partial charge in [-0.25, -0.2) is 0 Å². The number of hydrogen-bond donors (Lipinski definition) is 2. The fraction of sp³-hybridized carbons (Fsp3) is 0.886. The topological polar surface area (TPSA) is 125 Å². The van der Waals surface area contributed by atoms with Crippen molar-refractivity contribution in [1.82, 2.24) is 11.5 Å². The zero-order valence-electron chi connectivity index (χ0n) is 26.3. The Bertz CT molecular complexity index is 830. The maximum atomic E-state index is 12.2. The first-order chi connectivity index (χ1) is 19.6. The maximum Gasteiger partial charge on any atom is 0.305 e. The summed E-state index contributed by atoms with van der Waals surface area (Å²) in [5, 5.41) is 3.04. The summed E-state index contributed by atoms with van der Waals surface area (Å²) in [7, 11) is 1.34. The third-order valence-corrected chi connectivity index (χ3v) is 11.0. The number of nitrogens with one attached hydrogen (secondary N) is 1. The Morgan fingerprint density at radius 3 is 1.42 bits per heavy atom. The molecule has 8 bridgehead atoms. The van der Waals surface area contributed by atoms with E-state index in [2.05, 4.69) is 10.1 Å². The highest BCUT2D eigenvalue weighted by molar-refractivity contribution is 6.63. The number of rotatable bonds is 11. The van der Waals surface area contributed by atoms with E-state index >= 15 is 0 Å². The lowest BCUT2D eigenvalue weighted by atomic mass is 9.53. The number of halogens is 1. The number of ether oxygens (including phenoxy) is 1. The molecule has 0 aliphatic heterocycles. The Hall–Kier alpha value is -1.47. The van der Waals surface area contributed by atoms with E-state index in [1.54, 1.807) is 45.4 Å². The number of methoxy groups -OCH3 is 1. The van der Waals surface area contributed by atoms with Crippen molar-refractivity contribution in [2.75, 3.05) is 7.11 Å². The molecule has 0 unspecified atom stereocenters. The number of hydrogen-bond acceptors (Lipinski definition) is 6. The van der Waals surface area contributed by atoms with Crippen molar-refractivity contribution < 1.29 is 23.9 Å². The van der Waals surface area contributed by atoms with Gasteiger partial charge in [0.1, 0.15) is 5.78 Å². The molecule has 0 spiro atoms. The Labute approximate surface area is 266 Å². The Kier molecular flexibility index (Phi) is 15.7. The molecule has 8 aliphatic rings. The minimum atomic E-state index is -0.352. The first-order valence-electron chi connectivity index (χ1n) is 16.7. The second kappa shape index (κ2) is 17.9. The summed E-state index contributed by atoms with van der Waals surface area (Å²) in [6, 6.07) is 0. The predicted octanol–water partition coefficient (Wildman–Crippen LogP) is 8.34. The standard InChI is InChI=1S/C17H27NO2.C10H16.C7H11ClO3.CH4.H3N/c1-12(19)4-2-3-5-16(20)18-17-9-13-6-14(10-17)8-15(7-13)11-17;1-7-2-9-4-8(1)5-10(3-7)6-9;1-11-7(10)5-3-2-4-6(8)9;;/h13-15H,2-11H2,1H3,(H,18,20);7-10H,1-6H2;2-5H2,1H3;1H4;1H3. The average molecular weight is 625 g/mol. The van der Waals surface area contributed by atoms with E-state index in [1.807, 2.05) is 0 Å². The number of amides is 1. The highest BCUT2D eigenvalue weighted by atomic mass is 35.5. The first kappa shape index (κ1) is 37.7. The summed E-state index contributed by atoms with van der Waals surface area (Å²) in [4.78, 5) is 43.8. The predicted molar refractivity (Wildman–Crippen MR) is 173 cm³/mol. The zero-order chi connectivity index (χ0) is 29.4. The quantitative estimate of drug-likeness (QED) is 0.135. The van der Waals surface area contributed by atoms with Gasteiger partial charge in [0.15, 0.2) is 0 Å². The highest BCUT2D eigenvalue weighted by Gasteiger charge is 2.51. The fourth-order valence-corrected chi connectivity index (χ4v) is 10.0. The third kappa shape index (κ3) is 12.1. The number of Topliss-reactive ketones (excluding diaryl/α,β-unsaturated/α-hetero) is 1. The van der Waals surface area contributed by atoms with E-state index in [9.17, 15) is 19.2 Å². The van der Waals surface area contributed by atoms with E-state index < -0.39 is 0 Å². The van der Waals surface area contributed by atoms with E-state index in [4.69, 9.17) is 11.6 Å². The largest absolute Gasteiger partial charge is 0.469 e. The smallest absolute Gasteiger partial charge is 0.305 e. The van der Waals surface area contributed by atoms with Gasteiger partial charge in [0.25, 0.3) is 0 Å². The number of esters is 1. The Balaban J connectivity index is 0.000000239. The Morgan fingerprint density at radius 2 is 1.02 bits per heavy atom. The normalized spacial score (nSPS) is 33.4. The molecule has 8 rings (SSSR count). The summed E-state index contributed by atoms with van der Waals surface area (Å²) < 4.78 is 4.40. The molecule has 248 valence electrons. The molecule has 0 radical (unpaired) electrons. The van der Waals surface area contributed by atoms with Gasteiger partial charge in [0.05, 0.1) is 7.11 Å². The van der Waals surface area contributed by atoms with Crippen molar-refractivity contribution in [3.63, 3.8) is 0 Å². The zero-order valence-corrected chi connectivity index (χ0v) is 27.1. The van der Waals surface area contributed by atoms with Gasteiger partial charge in [0.2, 0.25) is 11.1 Å². The van der Waals surface area contributed by atoms with Crippen LogP contribution in [0.2, 0.25) is 0 Å². The second-order valence-electron chi connectivity index (χ2n) is 14.7. The van der Waals surface area contributed by atoms with Crippen LogP contribution in [0, 0.1) is 41.4 Å². The average Bonchev–Trinajstić information content (AvgIpc) is 2.88. The minimum absolute atomic E-state index is 0. The van der Waals surface area contributed by atoms with Crippen LogP contribution in [-0.4, -0.2) is 35.6 Å². The van der Waals surface area contributed by atoms with E-state index in [1.165, 1.54) is 69.3 Å². The monoisotopic (exact) mass is 624 g/mol. The van der Waals surface area contributed by atoms with Crippen molar-refractivity contribution in [2.24, 2.45) is 41.4 Å². The molecule has 0 atom stereocenters. The Morgan fingerprint density at radius 1 is 0.651 bits per heavy atom. The molecular formula is C35H61ClN2O5. The third-order valence-electron chi connectivity index (χ3n) is 10.9. The molecule has 0 heterocycles. The van der Waals surface area contributed by atoms with Crippen molar-refractivity contribution in [3.05, 3.63) is 0 Å². The molecule has 8 heteroatoms. The van der Waals surface area contributed by atoms with Crippen LogP contribution in [0.25, 0.3) is 0 Å². The second-order valence-corrected chi connectivity index (χ2v) is 15.1. The fourth-order valence-electron chi connectivity index (χ4n) is 9.90. The van der Waals surface area contributed by atoms with Crippen molar-refractivity contribution in [2.45, 2.75) is 148 Å². The van der Waals surface area contributed by atoms with Gasteiger partial charge in [-0.05, 0) is 163 Å². The van der Waals surface area contributed by atoms with Crippen LogP contribution in [0.4, 0.5) is 0 Å². The van der Waals surface area contributed by atoms with Gasteiger partial charge in [0, 0.05) is 31.2 Å². The van der Waals surface area contributed by atoms with Crippen LogP contribution in [0.15, 0.2) is 0 Å². The molecule has 4 N–H and O–H groups in total. The molecule has 1 amide bonds. The number of carbonyl (C=O) groups excluding carboxylic acids is 4. The van der Waals surface area contributed by atoms with E-state index in [0.29, 0.717) is 38.5 Å². The SMILES string of the molecule is C.C1C2CC3CC1CC(C2)C3.CC(=O)CCCCC(=O)NC12CC3CC(CC(C3)C1)C2.COC(=O)CCCCC(=O)Cl.N. The van der Waals surface area contributed by atoms with Crippen molar-refractivity contribution in [1.29, 1.82) is 0 Å². The highest BCUT2D eigenvalue weighted by Crippen LogP contribution is 2.56. The molecular weight excluding hydrogens is 564 g/mol. The lowest BCUT2D eigenvalue weighted by Gasteiger charge is -2.56. The van der Waals surface area contributed by atoms with Crippen LogP contribution < -0.4 is 11.5 Å². The molecule has 0 aromatic rings. The van der Waals surface area contributed by atoms with Gasteiger partial charge in [-0.15, -0.1) is 0 Å². The maximum absolute atomic E-state index is 12.2. The van der Waals surface area contributed by atoms with Crippen molar-refractivity contribution in [3.8, 4) is 0 Å². The molecule has 7 nitrogen and oxygen atoms in total. The number of ketones is 1. The summed E-state index contributed by atoms with van der Waals surface area (Å²) in [6.45, 7) is 1.62.